The highest BCUT2D eigenvalue weighted by atomic mass is 14.9. The molecule has 2 aliphatic rings. The summed E-state index contributed by atoms with van der Waals surface area (Å²) in [5.74, 6) is 0. The van der Waals surface area contributed by atoms with Gasteiger partial charge in [0.2, 0.25) is 0 Å². The number of hydrogen-bond acceptors (Lipinski definition) is 1. The molecule has 0 amide bonds. The molecule has 1 aliphatic heterocycles. The van der Waals surface area contributed by atoms with Gasteiger partial charge in [-0.3, -0.25) is 0 Å². The Balaban J connectivity index is 0.000000121. The molecule has 2 aromatic carbocycles. The molecular formula is C19H23N. The van der Waals surface area contributed by atoms with Crippen molar-refractivity contribution in [2.45, 2.75) is 38.5 Å². The lowest BCUT2D eigenvalue weighted by molar-refractivity contribution is 0.685. The number of para-hydroxylation sites is 1. The predicted molar refractivity (Wildman–Crippen MR) is 86.3 cm³/mol. The molecule has 1 N–H and O–H groups in total. The van der Waals surface area contributed by atoms with Crippen LogP contribution in [-0.2, 0) is 19.3 Å². The van der Waals surface area contributed by atoms with E-state index in [1.54, 1.807) is 11.1 Å². The molecule has 20 heavy (non-hydrogen) atoms. The summed E-state index contributed by atoms with van der Waals surface area (Å²) >= 11 is 0. The second-order valence-electron chi connectivity index (χ2n) is 5.66. The van der Waals surface area contributed by atoms with Gasteiger partial charge in [-0.1, -0.05) is 42.5 Å². The summed E-state index contributed by atoms with van der Waals surface area (Å²) in [6.07, 6.45) is 7.89. The molecule has 0 atom stereocenters. The second kappa shape index (κ2) is 6.60. The van der Waals surface area contributed by atoms with E-state index in [2.05, 4.69) is 53.8 Å². The minimum Gasteiger partial charge on any atom is -0.385 e. The summed E-state index contributed by atoms with van der Waals surface area (Å²) in [7, 11) is 0. The molecule has 1 aliphatic carbocycles. The average Bonchev–Trinajstić information content (AvgIpc) is 2.56. The van der Waals surface area contributed by atoms with Crippen molar-refractivity contribution in [1.29, 1.82) is 0 Å². The molecular weight excluding hydrogens is 242 g/mol. The molecule has 0 saturated heterocycles. The lowest BCUT2D eigenvalue weighted by Gasteiger charge is -2.16. The topological polar surface area (TPSA) is 12.0 Å². The van der Waals surface area contributed by atoms with Crippen molar-refractivity contribution in [3.8, 4) is 0 Å². The van der Waals surface area contributed by atoms with Gasteiger partial charge in [0.1, 0.15) is 0 Å². The summed E-state index contributed by atoms with van der Waals surface area (Å²) < 4.78 is 0. The number of aryl methyl sites for hydroxylation is 3. The van der Waals surface area contributed by atoms with Gasteiger partial charge in [-0.15, -0.1) is 0 Å². The van der Waals surface area contributed by atoms with Crippen LogP contribution in [0.4, 0.5) is 5.69 Å². The van der Waals surface area contributed by atoms with Gasteiger partial charge in [0.25, 0.3) is 0 Å². The zero-order valence-electron chi connectivity index (χ0n) is 12.1. The summed E-state index contributed by atoms with van der Waals surface area (Å²) in [5.41, 5.74) is 5.95. The molecule has 0 radical (unpaired) electrons. The Kier molecular flexibility index (Phi) is 4.37. The molecule has 0 aromatic heterocycles. The fourth-order valence-corrected chi connectivity index (χ4v) is 3.09. The van der Waals surface area contributed by atoms with Gasteiger partial charge in [0.05, 0.1) is 0 Å². The van der Waals surface area contributed by atoms with Crippen molar-refractivity contribution in [2.75, 3.05) is 11.9 Å². The van der Waals surface area contributed by atoms with Gasteiger partial charge in [-0.2, -0.15) is 0 Å². The molecule has 0 spiro atoms. The Hall–Kier alpha value is -1.76. The third kappa shape index (κ3) is 3.22. The number of fused-ring (bicyclic) bond motifs is 2. The zero-order chi connectivity index (χ0) is 13.6. The van der Waals surface area contributed by atoms with E-state index in [1.807, 2.05) is 0 Å². The monoisotopic (exact) mass is 265 g/mol. The van der Waals surface area contributed by atoms with Crippen molar-refractivity contribution in [3.05, 3.63) is 65.2 Å². The third-order valence-electron chi connectivity index (χ3n) is 4.22. The van der Waals surface area contributed by atoms with E-state index in [4.69, 9.17) is 0 Å². The SMILES string of the molecule is c1ccc2c(c1)CCCC2.c1ccc2c(c1)CCCN2. The summed E-state index contributed by atoms with van der Waals surface area (Å²) in [4.78, 5) is 0. The van der Waals surface area contributed by atoms with Crippen LogP contribution in [0, 0.1) is 0 Å². The quantitative estimate of drug-likeness (QED) is 0.733. The predicted octanol–water partition coefficient (Wildman–Crippen LogP) is 4.61. The van der Waals surface area contributed by atoms with Crippen molar-refractivity contribution in [2.24, 2.45) is 0 Å². The minimum absolute atomic E-state index is 1.14. The first kappa shape index (κ1) is 13.2. The first-order chi connectivity index (χ1) is 9.93. The van der Waals surface area contributed by atoms with Gasteiger partial charge >= 0.3 is 0 Å². The largest absolute Gasteiger partial charge is 0.385 e. The smallest absolute Gasteiger partial charge is 0.0372 e. The molecule has 4 rings (SSSR count). The van der Waals surface area contributed by atoms with E-state index in [0.29, 0.717) is 0 Å². The van der Waals surface area contributed by atoms with E-state index in [-0.39, 0.29) is 0 Å². The molecule has 1 nitrogen and oxygen atoms in total. The number of benzene rings is 2. The third-order valence-corrected chi connectivity index (χ3v) is 4.22. The van der Waals surface area contributed by atoms with Crippen LogP contribution in [0.1, 0.15) is 36.0 Å². The van der Waals surface area contributed by atoms with E-state index < -0.39 is 0 Å². The Morgan fingerprint density at radius 3 is 1.80 bits per heavy atom. The van der Waals surface area contributed by atoms with Crippen LogP contribution in [0.25, 0.3) is 0 Å². The summed E-state index contributed by atoms with van der Waals surface area (Å²) in [5, 5.41) is 3.36. The maximum atomic E-state index is 3.36. The van der Waals surface area contributed by atoms with Crippen LogP contribution in [0.2, 0.25) is 0 Å². The van der Waals surface area contributed by atoms with E-state index >= 15 is 0 Å². The highest BCUT2D eigenvalue weighted by Gasteiger charge is 2.06. The van der Waals surface area contributed by atoms with Crippen LogP contribution >= 0.6 is 0 Å². The average molecular weight is 265 g/mol. The normalized spacial score (nSPS) is 16.0. The van der Waals surface area contributed by atoms with Crippen molar-refractivity contribution < 1.29 is 0 Å². The van der Waals surface area contributed by atoms with Crippen molar-refractivity contribution in [1.82, 2.24) is 0 Å². The molecule has 1 heteroatoms. The Morgan fingerprint density at radius 2 is 1.15 bits per heavy atom. The first-order valence-electron chi connectivity index (χ1n) is 7.82. The molecule has 2 aromatic rings. The maximum absolute atomic E-state index is 3.36. The van der Waals surface area contributed by atoms with E-state index in [1.165, 1.54) is 49.8 Å². The molecule has 1 heterocycles. The molecule has 104 valence electrons. The maximum Gasteiger partial charge on any atom is 0.0372 e. The summed E-state index contributed by atoms with van der Waals surface area (Å²) in [6, 6.07) is 17.3. The fraction of sp³-hybridized carbons (Fsp3) is 0.368. The van der Waals surface area contributed by atoms with E-state index in [0.717, 1.165) is 6.54 Å². The number of anilines is 1. The lowest BCUT2D eigenvalue weighted by Crippen LogP contribution is -2.10. The highest BCUT2D eigenvalue weighted by molar-refractivity contribution is 5.52. The Bertz CT molecular complexity index is 458. The number of nitrogens with one attached hydrogen (secondary N) is 1. The highest BCUT2D eigenvalue weighted by Crippen LogP contribution is 2.20. The molecule has 0 saturated carbocycles. The molecule has 0 bridgehead atoms. The summed E-state index contributed by atoms with van der Waals surface area (Å²) in [6.45, 7) is 1.14. The lowest BCUT2D eigenvalue weighted by atomic mass is 9.92. The number of hydrogen-bond donors (Lipinski definition) is 1. The van der Waals surface area contributed by atoms with Gasteiger partial charge in [0.15, 0.2) is 0 Å². The van der Waals surface area contributed by atoms with E-state index in [9.17, 15) is 0 Å². The Labute approximate surface area is 122 Å². The number of rotatable bonds is 0. The standard InChI is InChI=1S/C10H12.C9H11N/c1-2-6-10-8-4-3-7-9(10)5-1;1-2-6-9-8(4-1)5-3-7-10-9/h1-2,5-6H,3-4,7-8H2;1-2,4,6,10H,3,5,7H2. The van der Waals surface area contributed by atoms with Crippen molar-refractivity contribution in [3.63, 3.8) is 0 Å². The van der Waals surface area contributed by atoms with Crippen LogP contribution in [0.5, 0.6) is 0 Å². The van der Waals surface area contributed by atoms with Gasteiger partial charge < -0.3 is 5.32 Å². The van der Waals surface area contributed by atoms with Gasteiger partial charge in [-0.05, 0) is 61.3 Å². The molecule has 0 fully saturated rings. The van der Waals surface area contributed by atoms with Crippen molar-refractivity contribution >= 4 is 5.69 Å². The zero-order valence-corrected chi connectivity index (χ0v) is 12.1. The van der Waals surface area contributed by atoms with Crippen LogP contribution in [0.3, 0.4) is 0 Å². The molecule has 0 unspecified atom stereocenters. The first-order valence-corrected chi connectivity index (χ1v) is 7.82. The van der Waals surface area contributed by atoms with Gasteiger partial charge in [0, 0.05) is 12.2 Å². The van der Waals surface area contributed by atoms with Crippen LogP contribution in [-0.4, -0.2) is 6.54 Å². The minimum atomic E-state index is 1.14. The Morgan fingerprint density at radius 1 is 0.600 bits per heavy atom. The fourth-order valence-electron chi connectivity index (χ4n) is 3.09. The van der Waals surface area contributed by atoms with Crippen LogP contribution < -0.4 is 5.32 Å². The second-order valence-corrected chi connectivity index (χ2v) is 5.66. The van der Waals surface area contributed by atoms with Crippen LogP contribution in [0.15, 0.2) is 48.5 Å². The van der Waals surface area contributed by atoms with Gasteiger partial charge in [-0.25, -0.2) is 0 Å².